The van der Waals surface area contributed by atoms with Crippen molar-refractivity contribution < 1.29 is 13.9 Å². The number of hydrogen-bond donors (Lipinski definition) is 1. The Morgan fingerprint density at radius 2 is 1.73 bits per heavy atom. The van der Waals surface area contributed by atoms with E-state index in [-0.39, 0.29) is 0 Å². The highest BCUT2D eigenvalue weighted by atomic mass is 28.2. The topological polar surface area (TPSA) is 53.7 Å². The highest BCUT2D eigenvalue weighted by Crippen LogP contribution is 2.01. The van der Waals surface area contributed by atoms with Crippen molar-refractivity contribution in [3.63, 3.8) is 0 Å². The number of ether oxygens (including phenoxy) is 2. The SMILES string of the molecule is CCCOC(OCCC)O[SiH2]CCCN. The smallest absolute Gasteiger partial charge is 0.261 e. The van der Waals surface area contributed by atoms with Crippen molar-refractivity contribution in [2.24, 2.45) is 5.73 Å². The van der Waals surface area contributed by atoms with E-state index in [4.69, 9.17) is 19.6 Å². The molecule has 0 fully saturated rings. The number of nitrogens with two attached hydrogens (primary N) is 1. The van der Waals surface area contributed by atoms with Gasteiger partial charge in [-0.05, 0) is 31.9 Å². The fraction of sp³-hybridized carbons (Fsp3) is 1.00. The summed E-state index contributed by atoms with van der Waals surface area (Å²) in [5.74, 6) is 0. The molecule has 0 bridgehead atoms. The Hall–Kier alpha value is 0.0569. The molecule has 0 aromatic rings. The van der Waals surface area contributed by atoms with Crippen molar-refractivity contribution in [1.82, 2.24) is 0 Å². The summed E-state index contributed by atoms with van der Waals surface area (Å²) in [6.07, 6.45) is 3.01. The Balaban J connectivity index is 3.49. The molecule has 0 aliphatic carbocycles. The number of rotatable bonds is 11. The molecule has 0 rings (SSSR count). The molecule has 15 heavy (non-hydrogen) atoms. The van der Waals surface area contributed by atoms with Crippen LogP contribution in [0.5, 0.6) is 0 Å². The molecule has 0 heterocycles. The van der Waals surface area contributed by atoms with Crippen LogP contribution in [-0.2, 0) is 13.9 Å². The molecule has 4 nitrogen and oxygen atoms in total. The standard InChI is InChI=1S/C10H25NO3Si/c1-3-7-12-10(13-8-4-2)14-15-9-5-6-11/h10H,3-9,11,15H2,1-2H3. The molecular formula is C10H25NO3Si. The van der Waals surface area contributed by atoms with Crippen molar-refractivity contribution in [2.75, 3.05) is 19.8 Å². The third-order valence-electron chi connectivity index (χ3n) is 1.77. The Morgan fingerprint density at radius 1 is 1.13 bits per heavy atom. The molecule has 0 atom stereocenters. The molecule has 0 unspecified atom stereocenters. The maximum atomic E-state index is 5.59. The van der Waals surface area contributed by atoms with E-state index in [1.165, 1.54) is 0 Å². The fourth-order valence-electron chi connectivity index (χ4n) is 0.998. The van der Waals surface area contributed by atoms with Crippen molar-refractivity contribution in [3.05, 3.63) is 0 Å². The van der Waals surface area contributed by atoms with Gasteiger partial charge in [-0.1, -0.05) is 13.8 Å². The molecule has 0 aromatic carbocycles. The van der Waals surface area contributed by atoms with Gasteiger partial charge in [0.25, 0.3) is 6.48 Å². The molecule has 0 saturated heterocycles. The van der Waals surface area contributed by atoms with Gasteiger partial charge in [-0.3, -0.25) is 0 Å². The summed E-state index contributed by atoms with van der Waals surface area (Å²) in [6.45, 7) is 5.84. The second-order valence-corrected chi connectivity index (χ2v) is 4.85. The first-order chi connectivity index (χ1) is 7.35. The van der Waals surface area contributed by atoms with Crippen LogP contribution in [0.3, 0.4) is 0 Å². The minimum absolute atomic E-state index is 0.436. The van der Waals surface area contributed by atoms with Gasteiger partial charge in [0.15, 0.2) is 9.76 Å². The lowest BCUT2D eigenvalue weighted by Crippen LogP contribution is -2.24. The molecule has 0 aliphatic rings. The van der Waals surface area contributed by atoms with Gasteiger partial charge in [-0.25, -0.2) is 0 Å². The molecule has 92 valence electrons. The van der Waals surface area contributed by atoms with E-state index in [0.717, 1.165) is 31.9 Å². The highest BCUT2D eigenvalue weighted by molar-refractivity contribution is 6.27. The summed E-state index contributed by atoms with van der Waals surface area (Å²) in [6, 6.07) is 1.10. The average molecular weight is 235 g/mol. The van der Waals surface area contributed by atoms with Gasteiger partial charge in [0.2, 0.25) is 0 Å². The first-order valence-corrected chi connectivity index (χ1v) is 7.47. The third-order valence-corrected chi connectivity index (χ3v) is 3.07. The monoisotopic (exact) mass is 235 g/mol. The van der Waals surface area contributed by atoms with Crippen molar-refractivity contribution >= 4 is 9.76 Å². The zero-order valence-corrected chi connectivity index (χ0v) is 11.5. The van der Waals surface area contributed by atoms with Crippen LogP contribution in [0.25, 0.3) is 0 Å². The third kappa shape index (κ3) is 10.3. The molecule has 5 heteroatoms. The van der Waals surface area contributed by atoms with Crippen LogP contribution in [-0.4, -0.2) is 36.0 Å². The van der Waals surface area contributed by atoms with E-state index in [1.54, 1.807) is 0 Å². The zero-order chi connectivity index (χ0) is 11.4. The summed E-state index contributed by atoms with van der Waals surface area (Å²) in [4.78, 5) is 0. The second kappa shape index (κ2) is 12.1. The van der Waals surface area contributed by atoms with E-state index in [1.807, 2.05) is 0 Å². The molecule has 0 aromatic heterocycles. The number of hydrogen-bond acceptors (Lipinski definition) is 4. The maximum Gasteiger partial charge on any atom is 0.261 e. The highest BCUT2D eigenvalue weighted by Gasteiger charge is 2.07. The quantitative estimate of drug-likeness (QED) is 0.330. The molecule has 0 saturated carbocycles. The van der Waals surface area contributed by atoms with Gasteiger partial charge in [0.1, 0.15) is 0 Å². The normalized spacial score (nSPS) is 12.0. The largest absolute Gasteiger partial charge is 0.379 e. The minimum Gasteiger partial charge on any atom is -0.379 e. The maximum absolute atomic E-state index is 5.59. The lowest BCUT2D eigenvalue weighted by Gasteiger charge is -2.18. The van der Waals surface area contributed by atoms with Crippen LogP contribution in [0.4, 0.5) is 0 Å². The minimum atomic E-state index is -0.533. The van der Waals surface area contributed by atoms with Gasteiger partial charge in [-0.15, -0.1) is 0 Å². The lowest BCUT2D eigenvalue weighted by atomic mass is 10.5. The predicted molar refractivity (Wildman–Crippen MR) is 64.4 cm³/mol. The average Bonchev–Trinajstić information content (AvgIpc) is 2.27. The van der Waals surface area contributed by atoms with Crippen LogP contribution in [0, 0.1) is 0 Å². The predicted octanol–water partition coefficient (Wildman–Crippen LogP) is 0.991. The van der Waals surface area contributed by atoms with E-state index in [9.17, 15) is 0 Å². The van der Waals surface area contributed by atoms with Crippen molar-refractivity contribution in [1.29, 1.82) is 0 Å². The zero-order valence-electron chi connectivity index (χ0n) is 10.0. The van der Waals surface area contributed by atoms with Gasteiger partial charge < -0.3 is 19.6 Å². The van der Waals surface area contributed by atoms with Gasteiger partial charge >= 0.3 is 0 Å². The molecule has 0 radical (unpaired) electrons. The van der Waals surface area contributed by atoms with Crippen molar-refractivity contribution in [2.45, 2.75) is 45.6 Å². The summed E-state index contributed by atoms with van der Waals surface area (Å²) >= 11 is 0. The van der Waals surface area contributed by atoms with Gasteiger partial charge in [-0.2, -0.15) is 0 Å². The van der Waals surface area contributed by atoms with Gasteiger partial charge in [0.05, 0.1) is 13.2 Å². The van der Waals surface area contributed by atoms with Crippen LogP contribution in [0.15, 0.2) is 0 Å². The second-order valence-electron chi connectivity index (χ2n) is 3.40. The molecule has 0 aliphatic heterocycles. The van der Waals surface area contributed by atoms with Crippen LogP contribution in [0.1, 0.15) is 33.1 Å². The Bertz CT molecular complexity index is 119. The molecule has 0 amide bonds. The summed E-state index contributed by atoms with van der Waals surface area (Å²) in [5.41, 5.74) is 5.41. The van der Waals surface area contributed by atoms with Gasteiger partial charge in [0, 0.05) is 0 Å². The van der Waals surface area contributed by atoms with Crippen LogP contribution in [0.2, 0.25) is 6.04 Å². The summed E-state index contributed by atoms with van der Waals surface area (Å²) in [5, 5.41) is 0. The lowest BCUT2D eigenvalue weighted by molar-refractivity contribution is -0.247. The first-order valence-electron chi connectivity index (χ1n) is 5.90. The molecule has 2 N–H and O–H groups in total. The fourth-order valence-corrected chi connectivity index (χ4v) is 2.04. The van der Waals surface area contributed by atoms with E-state index in [2.05, 4.69) is 13.8 Å². The van der Waals surface area contributed by atoms with Crippen LogP contribution < -0.4 is 5.73 Å². The Morgan fingerprint density at radius 3 is 2.20 bits per heavy atom. The summed E-state index contributed by atoms with van der Waals surface area (Å²) in [7, 11) is -0.533. The van der Waals surface area contributed by atoms with Crippen molar-refractivity contribution in [3.8, 4) is 0 Å². The summed E-state index contributed by atoms with van der Waals surface area (Å²) < 4.78 is 16.5. The van der Waals surface area contributed by atoms with E-state index in [0.29, 0.717) is 13.2 Å². The molecular weight excluding hydrogens is 210 g/mol. The van der Waals surface area contributed by atoms with E-state index < -0.39 is 16.2 Å². The Labute approximate surface area is 95.4 Å². The Kier molecular flexibility index (Phi) is 12.2. The molecule has 0 spiro atoms. The van der Waals surface area contributed by atoms with Crippen LogP contribution >= 0.6 is 0 Å². The first kappa shape index (κ1) is 15.1. The van der Waals surface area contributed by atoms with E-state index >= 15 is 0 Å².